The molecule has 0 aromatic carbocycles. The molecular weight excluding hydrogens is 248 g/mol. The predicted octanol–water partition coefficient (Wildman–Crippen LogP) is 1.72. The minimum absolute atomic E-state index is 0.219. The van der Waals surface area contributed by atoms with Crippen molar-refractivity contribution < 1.29 is 4.79 Å². The number of nitrogens with zero attached hydrogens (tertiary/aromatic N) is 3. The predicted molar refractivity (Wildman–Crippen MR) is 71.7 cm³/mol. The molecule has 0 radical (unpaired) electrons. The lowest BCUT2D eigenvalue weighted by Gasteiger charge is -2.30. The molecule has 6 heteroatoms. The highest BCUT2D eigenvalue weighted by atomic mass is 32.1. The van der Waals surface area contributed by atoms with E-state index >= 15 is 0 Å². The summed E-state index contributed by atoms with van der Waals surface area (Å²) in [5.74, 6) is 1.10. The molecule has 0 spiro atoms. The number of fused-ring (bicyclic) bond motifs is 1. The molecule has 2 aromatic rings. The number of thiophene rings is 1. The van der Waals surface area contributed by atoms with Crippen molar-refractivity contribution in [3.63, 3.8) is 0 Å². The number of piperidine rings is 1. The van der Waals surface area contributed by atoms with E-state index in [4.69, 9.17) is 0 Å². The summed E-state index contributed by atoms with van der Waals surface area (Å²) >= 11 is 1.64. The summed E-state index contributed by atoms with van der Waals surface area (Å²) in [4.78, 5) is 21.7. The third kappa shape index (κ3) is 2.03. The number of rotatable bonds is 2. The summed E-state index contributed by atoms with van der Waals surface area (Å²) in [5.41, 5.74) is 0.970. The number of carbonyl (C=O) groups excluding carboxylic acids is 1. The molecule has 1 amide bonds. The molecule has 0 saturated carbocycles. The number of carbonyl (C=O) groups is 1. The smallest absolute Gasteiger partial charge is 0.222 e. The molecule has 1 fully saturated rings. The van der Waals surface area contributed by atoms with Crippen LogP contribution in [0, 0.1) is 0 Å². The molecule has 1 unspecified atom stereocenters. The van der Waals surface area contributed by atoms with Gasteiger partial charge in [0.05, 0.1) is 10.2 Å². The monoisotopic (exact) mass is 262 g/mol. The molecule has 3 heterocycles. The molecule has 2 aromatic heterocycles. The van der Waals surface area contributed by atoms with Crippen LogP contribution in [-0.2, 0) is 4.79 Å². The van der Waals surface area contributed by atoms with E-state index in [1.807, 2.05) is 18.5 Å². The number of hydrogen-bond donors (Lipinski definition) is 1. The average Bonchev–Trinajstić information content (AvgIpc) is 2.83. The second-order valence-corrected chi connectivity index (χ2v) is 5.43. The van der Waals surface area contributed by atoms with Crippen LogP contribution in [-0.4, -0.2) is 40.4 Å². The molecule has 94 valence electrons. The molecule has 1 N–H and O–H groups in total. The van der Waals surface area contributed by atoms with Crippen molar-refractivity contribution in [2.75, 3.05) is 18.9 Å². The fourth-order valence-corrected chi connectivity index (χ4v) is 3.01. The molecule has 0 bridgehead atoms. The lowest BCUT2D eigenvalue weighted by molar-refractivity contribution is -0.132. The molecule has 1 aliphatic rings. The van der Waals surface area contributed by atoms with Gasteiger partial charge in [-0.05, 0) is 17.9 Å². The topological polar surface area (TPSA) is 58.1 Å². The number of likely N-dealkylation sites (tertiary alicyclic amines) is 1. The summed E-state index contributed by atoms with van der Waals surface area (Å²) in [5, 5.41) is 5.44. The van der Waals surface area contributed by atoms with E-state index in [0.717, 1.165) is 29.0 Å². The Labute approximate surface area is 109 Å². The third-order valence-electron chi connectivity index (χ3n) is 3.21. The maximum absolute atomic E-state index is 11.4. The zero-order valence-corrected chi connectivity index (χ0v) is 10.9. The SMILES string of the molecule is CN1CC(Nc2ncnc3ccsc23)CCC1=O. The first-order chi connectivity index (χ1) is 8.74. The van der Waals surface area contributed by atoms with Gasteiger partial charge in [-0.2, -0.15) is 0 Å². The Bertz CT molecular complexity index is 582. The van der Waals surface area contributed by atoms with Gasteiger partial charge < -0.3 is 10.2 Å². The molecular formula is C12H14N4OS. The van der Waals surface area contributed by atoms with Crippen LogP contribution in [0.3, 0.4) is 0 Å². The molecule has 1 atom stereocenters. The molecule has 1 saturated heterocycles. The average molecular weight is 262 g/mol. The Hall–Kier alpha value is -1.69. The Balaban J connectivity index is 1.80. The minimum atomic E-state index is 0.219. The van der Waals surface area contributed by atoms with Crippen LogP contribution in [0.4, 0.5) is 5.82 Å². The number of anilines is 1. The van der Waals surface area contributed by atoms with E-state index in [2.05, 4.69) is 15.3 Å². The highest BCUT2D eigenvalue weighted by Gasteiger charge is 2.23. The minimum Gasteiger partial charge on any atom is -0.364 e. The summed E-state index contributed by atoms with van der Waals surface area (Å²) in [6.07, 6.45) is 3.04. The van der Waals surface area contributed by atoms with Gasteiger partial charge in [-0.1, -0.05) is 0 Å². The van der Waals surface area contributed by atoms with Crippen molar-refractivity contribution in [3.05, 3.63) is 17.8 Å². The van der Waals surface area contributed by atoms with Crippen molar-refractivity contribution in [3.8, 4) is 0 Å². The standard InChI is InChI=1S/C12H14N4OS/c1-16-6-8(2-3-10(16)17)15-12-11-9(4-5-18-11)13-7-14-12/h4-5,7-8H,2-3,6H2,1H3,(H,13,14,15). The van der Waals surface area contributed by atoms with Crippen molar-refractivity contribution in [1.29, 1.82) is 0 Å². The molecule has 18 heavy (non-hydrogen) atoms. The van der Waals surface area contributed by atoms with Crippen LogP contribution in [0.25, 0.3) is 10.2 Å². The second kappa shape index (κ2) is 4.53. The van der Waals surface area contributed by atoms with Crippen LogP contribution < -0.4 is 5.32 Å². The Morgan fingerprint density at radius 1 is 1.50 bits per heavy atom. The van der Waals surface area contributed by atoms with E-state index in [1.165, 1.54) is 0 Å². The van der Waals surface area contributed by atoms with Crippen LogP contribution in [0.15, 0.2) is 17.8 Å². The van der Waals surface area contributed by atoms with E-state index < -0.39 is 0 Å². The fraction of sp³-hybridized carbons (Fsp3) is 0.417. The Morgan fingerprint density at radius 2 is 2.39 bits per heavy atom. The quantitative estimate of drug-likeness (QED) is 0.895. The van der Waals surface area contributed by atoms with E-state index in [-0.39, 0.29) is 11.9 Å². The van der Waals surface area contributed by atoms with Crippen LogP contribution >= 0.6 is 11.3 Å². The van der Waals surface area contributed by atoms with Gasteiger partial charge in [0.1, 0.15) is 12.1 Å². The number of aromatic nitrogens is 2. The highest BCUT2D eigenvalue weighted by molar-refractivity contribution is 7.17. The van der Waals surface area contributed by atoms with Gasteiger partial charge in [0, 0.05) is 26.1 Å². The summed E-state index contributed by atoms with van der Waals surface area (Å²) in [6.45, 7) is 0.732. The Kier molecular flexibility index (Phi) is 2.87. The maximum atomic E-state index is 11.4. The Morgan fingerprint density at radius 3 is 3.22 bits per heavy atom. The van der Waals surface area contributed by atoms with Crippen molar-refractivity contribution in [1.82, 2.24) is 14.9 Å². The first kappa shape index (κ1) is 11.4. The summed E-state index contributed by atoms with van der Waals surface area (Å²) < 4.78 is 1.08. The van der Waals surface area contributed by atoms with E-state index in [0.29, 0.717) is 6.42 Å². The van der Waals surface area contributed by atoms with Crippen LogP contribution in [0.1, 0.15) is 12.8 Å². The summed E-state index contributed by atoms with van der Waals surface area (Å²) in [6, 6.07) is 2.26. The normalized spacial score (nSPS) is 20.4. The van der Waals surface area contributed by atoms with Gasteiger partial charge in [0.25, 0.3) is 0 Å². The highest BCUT2D eigenvalue weighted by Crippen LogP contribution is 2.26. The maximum Gasteiger partial charge on any atom is 0.222 e. The molecule has 0 aliphatic carbocycles. The van der Waals surface area contributed by atoms with Crippen molar-refractivity contribution in [2.24, 2.45) is 0 Å². The molecule has 3 rings (SSSR count). The first-order valence-corrected chi connectivity index (χ1v) is 6.80. The van der Waals surface area contributed by atoms with Crippen molar-refractivity contribution >= 4 is 33.3 Å². The number of nitrogens with one attached hydrogen (secondary N) is 1. The third-order valence-corrected chi connectivity index (χ3v) is 4.12. The van der Waals surface area contributed by atoms with Gasteiger partial charge >= 0.3 is 0 Å². The van der Waals surface area contributed by atoms with Crippen molar-refractivity contribution in [2.45, 2.75) is 18.9 Å². The fourth-order valence-electron chi connectivity index (χ4n) is 2.22. The van der Waals surface area contributed by atoms with E-state index in [1.54, 1.807) is 22.6 Å². The largest absolute Gasteiger partial charge is 0.364 e. The molecule has 1 aliphatic heterocycles. The van der Waals surface area contributed by atoms with Gasteiger partial charge in [0.15, 0.2) is 0 Å². The molecule has 5 nitrogen and oxygen atoms in total. The number of amides is 1. The second-order valence-electron chi connectivity index (χ2n) is 4.51. The van der Waals surface area contributed by atoms with Gasteiger partial charge in [-0.3, -0.25) is 4.79 Å². The first-order valence-electron chi connectivity index (χ1n) is 5.93. The zero-order chi connectivity index (χ0) is 12.5. The van der Waals surface area contributed by atoms with Gasteiger partial charge in [-0.15, -0.1) is 11.3 Å². The van der Waals surface area contributed by atoms with E-state index in [9.17, 15) is 4.79 Å². The lowest BCUT2D eigenvalue weighted by Crippen LogP contribution is -2.43. The number of likely N-dealkylation sites (N-methyl/N-ethyl adjacent to an activating group) is 1. The van der Waals surface area contributed by atoms with Gasteiger partial charge in [-0.25, -0.2) is 9.97 Å². The lowest BCUT2D eigenvalue weighted by atomic mass is 10.1. The number of hydrogen-bond acceptors (Lipinski definition) is 5. The summed E-state index contributed by atoms with van der Waals surface area (Å²) in [7, 11) is 1.84. The van der Waals surface area contributed by atoms with Crippen LogP contribution in [0.2, 0.25) is 0 Å². The van der Waals surface area contributed by atoms with Gasteiger partial charge in [0.2, 0.25) is 5.91 Å². The van der Waals surface area contributed by atoms with Crippen LogP contribution in [0.5, 0.6) is 0 Å². The zero-order valence-electron chi connectivity index (χ0n) is 10.1.